The van der Waals surface area contributed by atoms with Gasteiger partial charge in [-0.1, -0.05) is 13.0 Å². The molecule has 2 aromatic rings. The van der Waals surface area contributed by atoms with Crippen LogP contribution in [0.25, 0.3) is 5.57 Å². The molecule has 1 amide bonds. The lowest BCUT2D eigenvalue weighted by Crippen LogP contribution is -2.50. The molecule has 2 aromatic heterocycles. The molecule has 36 heavy (non-hydrogen) atoms. The number of carboxylic acids is 1. The van der Waals surface area contributed by atoms with Crippen molar-refractivity contribution in [3.8, 4) is 0 Å². The van der Waals surface area contributed by atoms with E-state index in [4.69, 9.17) is 0 Å². The first-order valence-electron chi connectivity index (χ1n) is 13.4. The van der Waals surface area contributed by atoms with Crippen LogP contribution in [-0.4, -0.2) is 46.1 Å². The molecule has 3 heterocycles. The van der Waals surface area contributed by atoms with Crippen molar-refractivity contribution in [1.29, 1.82) is 0 Å². The molecule has 2 aliphatic carbocycles. The summed E-state index contributed by atoms with van der Waals surface area (Å²) in [5, 5.41) is 10.2. The van der Waals surface area contributed by atoms with Gasteiger partial charge in [0.25, 0.3) is 0 Å². The first kappa shape index (κ1) is 24.9. The fraction of sp³-hybridized carbons (Fsp3) is 0.571. The van der Waals surface area contributed by atoms with Crippen molar-refractivity contribution in [2.24, 2.45) is 11.8 Å². The second-order valence-corrected chi connectivity index (χ2v) is 11.6. The highest BCUT2D eigenvalue weighted by molar-refractivity contribution is 7.15. The van der Waals surface area contributed by atoms with Gasteiger partial charge in [-0.15, -0.1) is 11.3 Å². The highest BCUT2D eigenvalue weighted by atomic mass is 32.1. The van der Waals surface area contributed by atoms with E-state index in [1.807, 2.05) is 17.0 Å². The highest BCUT2D eigenvalue weighted by Crippen LogP contribution is 2.41. The molecule has 1 N–H and O–H groups in total. The SMILES string of the molecule is CC1CCC(C(=O)N(c2cc(C3=CCCCC3)sc2C(=O)O)C2CCN(c3ncccn3)CC2)CC1. The number of allylic oxidation sites excluding steroid dienone is 2. The molecule has 1 aliphatic heterocycles. The number of carboxylic acid groups (broad SMARTS) is 1. The van der Waals surface area contributed by atoms with Crippen LogP contribution in [0.5, 0.6) is 0 Å². The molecule has 3 aliphatic rings. The topological polar surface area (TPSA) is 86.6 Å². The predicted molar refractivity (Wildman–Crippen MR) is 144 cm³/mol. The average molecular weight is 509 g/mol. The molecule has 0 radical (unpaired) electrons. The lowest BCUT2D eigenvalue weighted by atomic mass is 9.82. The Morgan fingerprint density at radius 2 is 1.78 bits per heavy atom. The number of carbonyl (C=O) groups is 2. The minimum Gasteiger partial charge on any atom is -0.477 e. The summed E-state index contributed by atoms with van der Waals surface area (Å²) in [6.07, 6.45) is 15.5. The predicted octanol–water partition coefficient (Wildman–Crippen LogP) is 6.02. The molecule has 1 saturated carbocycles. The van der Waals surface area contributed by atoms with Crippen molar-refractivity contribution in [2.75, 3.05) is 22.9 Å². The number of aromatic nitrogens is 2. The van der Waals surface area contributed by atoms with Crippen LogP contribution in [0.15, 0.2) is 30.6 Å². The number of amides is 1. The summed E-state index contributed by atoms with van der Waals surface area (Å²) in [4.78, 5) is 40.7. The summed E-state index contributed by atoms with van der Waals surface area (Å²) in [6.45, 7) is 3.74. The maximum absolute atomic E-state index is 14.1. The maximum Gasteiger partial charge on any atom is 0.348 e. The second kappa shape index (κ2) is 11.1. The van der Waals surface area contributed by atoms with Crippen LogP contribution in [0.3, 0.4) is 0 Å². The van der Waals surface area contributed by atoms with E-state index in [-0.39, 0.29) is 17.9 Å². The van der Waals surface area contributed by atoms with E-state index in [1.165, 1.54) is 23.3 Å². The van der Waals surface area contributed by atoms with Gasteiger partial charge < -0.3 is 14.9 Å². The number of rotatable bonds is 6. The molecule has 5 rings (SSSR count). The van der Waals surface area contributed by atoms with Crippen LogP contribution in [0.1, 0.15) is 85.7 Å². The minimum atomic E-state index is -0.942. The third-order valence-electron chi connectivity index (χ3n) is 8.04. The number of nitrogens with zero attached hydrogens (tertiary/aromatic N) is 4. The Kier molecular flexibility index (Phi) is 7.70. The first-order chi connectivity index (χ1) is 17.5. The molecule has 0 unspecified atom stereocenters. The monoisotopic (exact) mass is 508 g/mol. The van der Waals surface area contributed by atoms with Crippen LogP contribution in [0.4, 0.5) is 11.6 Å². The smallest absolute Gasteiger partial charge is 0.348 e. The van der Waals surface area contributed by atoms with Crippen LogP contribution in [0, 0.1) is 11.8 Å². The Morgan fingerprint density at radius 3 is 2.42 bits per heavy atom. The number of hydrogen-bond donors (Lipinski definition) is 1. The van der Waals surface area contributed by atoms with E-state index in [0.717, 1.165) is 75.8 Å². The van der Waals surface area contributed by atoms with Crippen LogP contribution < -0.4 is 9.80 Å². The summed E-state index contributed by atoms with van der Waals surface area (Å²) in [5.41, 5.74) is 1.84. The van der Waals surface area contributed by atoms with Crippen LogP contribution >= 0.6 is 11.3 Å². The number of hydrogen-bond acceptors (Lipinski definition) is 6. The Morgan fingerprint density at radius 1 is 1.06 bits per heavy atom. The molecule has 8 heteroatoms. The van der Waals surface area contributed by atoms with Crippen molar-refractivity contribution in [2.45, 2.75) is 77.2 Å². The molecule has 1 saturated heterocycles. The van der Waals surface area contributed by atoms with Crippen LogP contribution in [0.2, 0.25) is 0 Å². The standard InChI is InChI=1S/C28H36N4O3S/c1-19-8-10-21(11-9-19)26(33)32(22-12-16-31(17-13-22)28-29-14-5-15-30-28)23-18-24(36-25(23)27(34)35)20-6-3-2-4-7-20/h5-6,14-15,18-19,21-22H,2-4,7-13,16-17H2,1H3,(H,34,35). The zero-order valence-electron chi connectivity index (χ0n) is 21.1. The third-order valence-corrected chi connectivity index (χ3v) is 9.23. The largest absolute Gasteiger partial charge is 0.477 e. The van der Waals surface area contributed by atoms with E-state index in [2.05, 4.69) is 27.9 Å². The summed E-state index contributed by atoms with van der Waals surface area (Å²) >= 11 is 1.34. The quantitative estimate of drug-likeness (QED) is 0.513. The average Bonchev–Trinajstić information content (AvgIpc) is 3.36. The number of anilines is 2. The zero-order chi connectivity index (χ0) is 25.1. The van der Waals surface area contributed by atoms with E-state index >= 15 is 0 Å². The molecule has 7 nitrogen and oxygen atoms in total. The lowest BCUT2D eigenvalue weighted by molar-refractivity contribution is -0.124. The lowest BCUT2D eigenvalue weighted by Gasteiger charge is -2.40. The molecular formula is C28H36N4O3S. The summed E-state index contributed by atoms with van der Waals surface area (Å²) in [5.74, 6) is 0.500. The highest BCUT2D eigenvalue weighted by Gasteiger charge is 2.37. The van der Waals surface area contributed by atoms with Crippen molar-refractivity contribution >= 4 is 40.4 Å². The van der Waals surface area contributed by atoms with Crippen molar-refractivity contribution in [3.63, 3.8) is 0 Å². The van der Waals surface area contributed by atoms with Gasteiger partial charge in [-0.05, 0) is 87.8 Å². The Bertz CT molecular complexity index is 1100. The van der Waals surface area contributed by atoms with Crippen molar-refractivity contribution in [3.05, 3.63) is 40.4 Å². The Hall–Kier alpha value is -2.74. The van der Waals surface area contributed by atoms with Crippen molar-refractivity contribution in [1.82, 2.24) is 9.97 Å². The van der Waals surface area contributed by atoms with Gasteiger partial charge >= 0.3 is 5.97 Å². The number of aromatic carboxylic acids is 1. The molecule has 2 fully saturated rings. The van der Waals surface area contributed by atoms with Gasteiger partial charge in [0.05, 0.1) is 5.69 Å². The Labute approximate surface area is 217 Å². The number of thiophene rings is 1. The number of piperidine rings is 1. The van der Waals surface area contributed by atoms with Gasteiger partial charge in [0.15, 0.2) is 0 Å². The normalized spacial score (nSPS) is 23.2. The third kappa shape index (κ3) is 5.33. The van der Waals surface area contributed by atoms with E-state index in [9.17, 15) is 14.7 Å². The molecule has 0 bridgehead atoms. The summed E-state index contributed by atoms with van der Waals surface area (Å²) in [7, 11) is 0. The number of carbonyl (C=O) groups excluding carboxylic acids is 1. The van der Waals surface area contributed by atoms with Gasteiger partial charge in [0.1, 0.15) is 4.88 Å². The molecule has 0 aromatic carbocycles. The molecule has 0 spiro atoms. The van der Waals surface area contributed by atoms with E-state index in [1.54, 1.807) is 12.4 Å². The van der Waals surface area contributed by atoms with E-state index < -0.39 is 5.97 Å². The first-order valence-corrected chi connectivity index (χ1v) is 14.2. The summed E-state index contributed by atoms with van der Waals surface area (Å²) in [6, 6.07) is 3.78. The second-order valence-electron chi connectivity index (χ2n) is 10.5. The van der Waals surface area contributed by atoms with Crippen LogP contribution in [-0.2, 0) is 4.79 Å². The minimum absolute atomic E-state index is 0.0299. The molecule has 192 valence electrons. The fourth-order valence-electron chi connectivity index (χ4n) is 5.91. The summed E-state index contributed by atoms with van der Waals surface area (Å²) < 4.78 is 0. The molecule has 0 atom stereocenters. The van der Waals surface area contributed by atoms with Gasteiger partial charge in [-0.25, -0.2) is 14.8 Å². The van der Waals surface area contributed by atoms with E-state index in [0.29, 0.717) is 22.4 Å². The molecular weight excluding hydrogens is 472 g/mol. The fourth-order valence-corrected chi connectivity index (χ4v) is 6.97. The van der Waals surface area contributed by atoms with Crippen molar-refractivity contribution < 1.29 is 14.7 Å². The van der Waals surface area contributed by atoms with Gasteiger partial charge in [0, 0.05) is 42.3 Å². The zero-order valence-corrected chi connectivity index (χ0v) is 21.9. The Balaban J connectivity index is 1.46. The maximum atomic E-state index is 14.1. The van der Waals surface area contributed by atoms with Gasteiger partial charge in [-0.2, -0.15) is 0 Å². The van der Waals surface area contributed by atoms with Gasteiger partial charge in [-0.3, -0.25) is 4.79 Å². The van der Waals surface area contributed by atoms with Gasteiger partial charge in [0.2, 0.25) is 11.9 Å².